The van der Waals surface area contributed by atoms with Gasteiger partial charge in [-0.2, -0.15) is 0 Å². The standard InChI is InChI=1S/C23H25FN2O/c1-2-25-11-13-26(14-12-25)21-9-10-22-18(16-21)5-6-19(23(22)27)15-17-3-7-20(24)8-4-17/h3-4,7-10,15-16H,2,5-6,11-14H2,1H3/b19-15+. The molecule has 0 radical (unpaired) electrons. The van der Waals surface area contributed by atoms with Gasteiger partial charge >= 0.3 is 0 Å². The van der Waals surface area contributed by atoms with Crippen LogP contribution in [0.4, 0.5) is 10.1 Å². The Kier molecular flexibility index (Phi) is 5.08. The van der Waals surface area contributed by atoms with Crippen molar-refractivity contribution in [2.75, 3.05) is 37.6 Å². The molecule has 0 bridgehead atoms. The fourth-order valence-electron chi connectivity index (χ4n) is 3.98. The van der Waals surface area contributed by atoms with E-state index in [1.165, 1.54) is 17.8 Å². The van der Waals surface area contributed by atoms with Crippen LogP contribution in [0.5, 0.6) is 0 Å². The highest BCUT2D eigenvalue weighted by Crippen LogP contribution is 2.30. The predicted octanol–water partition coefficient (Wildman–Crippen LogP) is 4.18. The number of aryl methyl sites for hydroxylation is 1. The highest BCUT2D eigenvalue weighted by Gasteiger charge is 2.23. The number of hydrogen-bond acceptors (Lipinski definition) is 3. The largest absolute Gasteiger partial charge is 0.369 e. The van der Waals surface area contributed by atoms with Crippen LogP contribution in [0.15, 0.2) is 48.0 Å². The molecule has 2 aromatic rings. The van der Waals surface area contributed by atoms with Crippen molar-refractivity contribution in [3.05, 3.63) is 70.5 Å². The van der Waals surface area contributed by atoms with Crippen LogP contribution < -0.4 is 4.90 Å². The molecule has 2 aromatic carbocycles. The smallest absolute Gasteiger partial charge is 0.189 e. The molecule has 140 valence electrons. The average Bonchev–Trinajstić information content (AvgIpc) is 2.71. The first kappa shape index (κ1) is 17.9. The third kappa shape index (κ3) is 3.81. The number of hydrogen-bond donors (Lipinski definition) is 0. The number of allylic oxidation sites excluding steroid dienone is 1. The Hall–Kier alpha value is -2.46. The molecule has 1 aliphatic heterocycles. The lowest BCUT2D eigenvalue weighted by Crippen LogP contribution is -2.46. The van der Waals surface area contributed by atoms with Crippen molar-refractivity contribution >= 4 is 17.5 Å². The first-order valence-electron chi connectivity index (χ1n) is 9.75. The Balaban J connectivity index is 1.53. The van der Waals surface area contributed by atoms with Crippen molar-refractivity contribution in [1.29, 1.82) is 0 Å². The van der Waals surface area contributed by atoms with E-state index >= 15 is 0 Å². The van der Waals surface area contributed by atoms with E-state index in [-0.39, 0.29) is 11.6 Å². The maximum atomic E-state index is 13.1. The average molecular weight is 364 g/mol. The van der Waals surface area contributed by atoms with Crippen molar-refractivity contribution in [1.82, 2.24) is 4.90 Å². The van der Waals surface area contributed by atoms with E-state index in [1.807, 2.05) is 12.1 Å². The second-order valence-corrected chi connectivity index (χ2v) is 7.31. The lowest BCUT2D eigenvalue weighted by Gasteiger charge is -2.36. The van der Waals surface area contributed by atoms with Gasteiger partial charge in [0, 0.05) is 43.0 Å². The molecule has 4 heteroatoms. The van der Waals surface area contributed by atoms with Gasteiger partial charge in [-0.15, -0.1) is 0 Å². The zero-order valence-corrected chi connectivity index (χ0v) is 15.7. The number of carbonyl (C=O) groups excluding carboxylic acids is 1. The molecule has 4 rings (SSSR count). The molecule has 0 atom stereocenters. The summed E-state index contributed by atoms with van der Waals surface area (Å²) in [5.74, 6) is -0.160. The van der Waals surface area contributed by atoms with Crippen LogP contribution in [-0.2, 0) is 6.42 Å². The summed E-state index contributed by atoms with van der Waals surface area (Å²) in [6, 6.07) is 12.5. The Morgan fingerprint density at radius 3 is 2.44 bits per heavy atom. The number of anilines is 1. The zero-order valence-electron chi connectivity index (χ0n) is 15.7. The Morgan fingerprint density at radius 1 is 1.00 bits per heavy atom. The van der Waals surface area contributed by atoms with E-state index in [2.05, 4.69) is 28.9 Å². The molecule has 2 aliphatic rings. The number of rotatable bonds is 3. The number of Topliss-reactive ketones (excluding diaryl/α,β-unsaturated/α-hetero) is 1. The third-order valence-electron chi connectivity index (χ3n) is 5.68. The van der Waals surface area contributed by atoms with Gasteiger partial charge in [-0.3, -0.25) is 4.79 Å². The number of ketones is 1. The normalized spacial score (nSPS) is 19.4. The quantitative estimate of drug-likeness (QED) is 0.764. The van der Waals surface area contributed by atoms with Crippen LogP contribution in [0.2, 0.25) is 0 Å². The van der Waals surface area contributed by atoms with Crippen LogP contribution in [0.25, 0.3) is 6.08 Å². The second-order valence-electron chi connectivity index (χ2n) is 7.31. The summed E-state index contributed by atoms with van der Waals surface area (Å²) >= 11 is 0. The van der Waals surface area contributed by atoms with E-state index in [0.29, 0.717) is 0 Å². The molecule has 3 nitrogen and oxygen atoms in total. The van der Waals surface area contributed by atoms with E-state index in [4.69, 9.17) is 0 Å². The maximum absolute atomic E-state index is 13.1. The van der Waals surface area contributed by atoms with Crippen LogP contribution in [0.3, 0.4) is 0 Å². The fourth-order valence-corrected chi connectivity index (χ4v) is 3.98. The summed E-state index contributed by atoms with van der Waals surface area (Å²) in [5, 5.41) is 0. The van der Waals surface area contributed by atoms with Crippen molar-refractivity contribution < 1.29 is 9.18 Å². The molecule has 0 spiro atoms. The maximum Gasteiger partial charge on any atom is 0.189 e. The summed E-state index contributed by atoms with van der Waals surface area (Å²) in [7, 11) is 0. The number of carbonyl (C=O) groups is 1. The summed E-state index contributed by atoms with van der Waals surface area (Å²) in [4.78, 5) is 17.8. The Morgan fingerprint density at radius 2 is 1.74 bits per heavy atom. The lowest BCUT2D eigenvalue weighted by atomic mass is 9.85. The highest BCUT2D eigenvalue weighted by molar-refractivity contribution is 6.13. The van der Waals surface area contributed by atoms with Gasteiger partial charge in [0.05, 0.1) is 0 Å². The number of piperazine rings is 1. The predicted molar refractivity (Wildman–Crippen MR) is 108 cm³/mol. The summed E-state index contributed by atoms with van der Waals surface area (Å²) < 4.78 is 13.1. The number of nitrogens with zero attached hydrogens (tertiary/aromatic N) is 2. The summed E-state index contributed by atoms with van der Waals surface area (Å²) in [6.07, 6.45) is 3.50. The van der Waals surface area contributed by atoms with Crippen LogP contribution in [-0.4, -0.2) is 43.4 Å². The molecular formula is C23H25FN2O. The summed E-state index contributed by atoms with van der Waals surface area (Å²) in [6.45, 7) is 7.58. The van der Waals surface area contributed by atoms with Crippen molar-refractivity contribution in [3.8, 4) is 0 Å². The van der Waals surface area contributed by atoms with Crippen molar-refractivity contribution in [3.63, 3.8) is 0 Å². The lowest BCUT2D eigenvalue weighted by molar-refractivity contribution is 0.102. The minimum atomic E-state index is -0.259. The van der Waals surface area contributed by atoms with Crippen molar-refractivity contribution in [2.24, 2.45) is 0 Å². The fraction of sp³-hybridized carbons (Fsp3) is 0.348. The van der Waals surface area contributed by atoms with E-state index in [9.17, 15) is 9.18 Å². The van der Waals surface area contributed by atoms with Crippen molar-refractivity contribution in [2.45, 2.75) is 19.8 Å². The number of benzene rings is 2. The molecule has 1 aliphatic carbocycles. The van der Waals surface area contributed by atoms with E-state index in [1.54, 1.807) is 12.1 Å². The first-order chi connectivity index (χ1) is 13.1. The third-order valence-corrected chi connectivity index (χ3v) is 5.68. The number of fused-ring (bicyclic) bond motifs is 1. The van der Waals surface area contributed by atoms with Gasteiger partial charge in [-0.25, -0.2) is 4.39 Å². The van der Waals surface area contributed by atoms with Gasteiger partial charge in [0.2, 0.25) is 0 Å². The highest BCUT2D eigenvalue weighted by atomic mass is 19.1. The molecule has 0 saturated carbocycles. The summed E-state index contributed by atoms with van der Waals surface area (Å²) in [5.41, 5.74) is 4.85. The SMILES string of the molecule is CCN1CCN(c2ccc3c(c2)CC/C(=C\c2ccc(F)cc2)C3=O)CC1. The molecule has 1 heterocycles. The van der Waals surface area contributed by atoms with Gasteiger partial charge in [-0.05, 0) is 66.9 Å². The molecule has 1 fully saturated rings. The van der Waals surface area contributed by atoms with Gasteiger partial charge in [0.1, 0.15) is 5.82 Å². The van der Waals surface area contributed by atoms with E-state index in [0.717, 1.165) is 67.8 Å². The molecule has 1 saturated heterocycles. The molecular weight excluding hydrogens is 339 g/mol. The Labute approximate surface area is 160 Å². The number of halogens is 1. The first-order valence-corrected chi connectivity index (χ1v) is 9.75. The monoisotopic (exact) mass is 364 g/mol. The minimum Gasteiger partial charge on any atom is -0.369 e. The molecule has 0 N–H and O–H groups in total. The molecule has 0 amide bonds. The minimum absolute atomic E-state index is 0.0999. The van der Waals surface area contributed by atoms with Gasteiger partial charge in [0.25, 0.3) is 0 Å². The van der Waals surface area contributed by atoms with Gasteiger partial charge in [0.15, 0.2) is 5.78 Å². The topological polar surface area (TPSA) is 23.6 Å². The number of likely N-dealkylation sites (N-methyl/N-ethyl adjacent to an activating group) is 1. The zero-order chi connectivity index (χ0) is 18.8. The molecule has 0 aromatic heterocycles. The molecule has 0 unspecified atom stereocenters. The second kappa shape index (κ2) is 7.65. The van der Waals surface area contributed by atoms with Crippen LogP contribution in [0.1, 0.15) is 34.8 Å². The Bertz CT molecular complexity index is 864. The molecule has 27 heavy (non-hydrogen) atoms. The van der Waals surface area contributed by atoms with Gasteiger partial charge in [-0.1, -0.05) is 19.1 Å². The van der Waals surface area contributed by atoms with Crippen LogP contribution in [0, 0.1) is 5.82 Å². The van der Waals surface area contributed by atoms with Crippen LogP contribution >= 0.6 is 0 Å². The van der Waals surface area contributed by atoms with Gasteiger partial charge < -0.3 is 9.80 Å². The van der Waals surface area contributed by atoms with E-state index < -0.39 is 0 Å².